The van der Waals surface area contributed by atoms with Gasteiger partial charge in [-0.3, -0.25) is 9.97 Å². The molecule has 3 heteroatoms. The van der Waals surface area contributed by atoms with Crippen LogP contribution in [0.15, 0.2) is 67.0 Å². The van der Waals surface area contributed by atoms with Crippen molar-refractivity contribution in [2.24, 2.45) is 0 Å². The second-order valence-electron chi connectivity index (χ2n) is 5.38. The van der Waals surface area contributed by atoms with Crippen molar-refractivity contribution in [3.63, 3.8) is 0 Å². The highest BCUT2D eigenvalue weighted by molar-refractivity contribution is 6.23. The maximum absolute atomic E-state index is 4.89. The van der Waals surface area contributed by atoms with Crippen LogP contribution in [0, 0.1) is 0 Å². The number of fused-ring (bicyclic) bond motifs is 7. The zero-order valence-electron chi connectivity index (χ0n) is 11.7. The van der Waals surface area contributed by atoms with Crippen LogP contribution in [0.1, 0.15) is 0 Å². The number of para-hydroxylation sites is 1. The van der Waals surface area contributed by atoms with E-state index in [1.165, 1.54) is 0 Å². The van der Waals surface area contributed by atoms with E-state index in [1.54, 1.807) is 0 Å². The largest absolute Gasteiger partial charge is 0.254 e. The molecule has 0 N–H and O–H groups in total. The molecule has 102 valence electrons. The first-order valence-electron chi connectivity index (χ1n) is 7.23. The fourth-order valence-corrected chi connectivity index (χ4v) is 3.12. The molecule has 0 aliphatic carbocycles. The first-order chi connectivity index (χ1) is 10.9. The molecule has 22 heavy (non-hydrogen) atoms. The molecule has 3 nitrogen and oxygen atoms in total. The predicted molar refractivity (Wildman–Crippen MR) is 89.9 cm³/mol. The molecule has 5 rings (SSSR count). The maximum atomic E-state index is 4.89. The highest BCUT2D eigenvalue weighted by Crippen LogP contribution is 2.33. The zero-order chi connectivity index (χ0) is 14.5. The molecule has 0 atom stereocenters. The van der Waals surface area contributed by atoms with Crippen LogP contribution in [0.5, 0.6) is 0 Å². The van der Waals surface area contributed by atoms with Crippen LogP contribution in [-0.2, 0) is 0 Å². The van der Waals surface area contributed by atoms with E-state index >= 15 is 0 Å². The van der Waals surface area contributed by atoms with Crippen LogP contribution in [0.3, 0.4) is 0 Å². The monoisotopic (exact) mass is 281 g/mol. The first kappa shape index (κ1) is 11.6. The lowest BCUT2D eigenvalue weighted by Gasteiger charge is -2.09. The van der Waals surface area contributed by atoms with E-state index in [9.17, 15) is 0 Å². The predicted octanol–water partition coefficient (Wildman–Crippen LogP) is 4.48. The fraction of sp³-hybridized carbons (Fsp3) is 0. The number of pyridine rings is 3. The van der Waals surface area contributed by atoms with E-state index in [-0.39, 0.29) is 0 Å². The molecular formula is C19H11N3. The Hall–Kier alpha value is -3.07. The van der Waals surface area contributed by atoms with Crippen molar-refractivity contribution in [3.8, 4) is 0 Å². The summed E-state index contributed by atoms with van der Waals surface area (Å²) < 4.78 is 0. The molecule has 5 aromatic rings. The van der Waals surface area contributed by atoms with Gasteiger partial charge in [-0.15, -0.1) is 0 Å². The molecule has 0 radical (unpaired) electrons. The van der Waals surface area contributed by atoms with E-state index in [4.69, 9.17) is 4.98 Å². The molecule has 0 amide bonds. The standard InChI is InChI=1S/C19H11N3/c1-2-8-16-12(5-1)11-15-13-6-3-9-20-18(13)19-14(17(15)22-16)7-4-10-21-19/h1-11H. The molecular weight excluding hydrogens is 270 g/mol. The smallest absolute Gasteiger partial charge is 0.0986 e. The Morgan fingerprint density at radius 1 is 0.591 bits per heavy atom. The summed E-state index contributed by atoms with van der Waals surface area (Å²) in [5, 5.41) is 4.42. The first-order valence-corrected chi connectivity index (χ1v) is 7.23. The minimum absolute atomic E-state index is 0.911. The highest BCUT2D eigenvalue weighted by atomic mass is 14.8. The summed E-state index contributed by atoms with van der Waals surface area (Å²) in [4.78, 5) is 14.0. The van der Waals surface area contributed by atoms with Crippen LogP contribution in [-0.4, -0.2) is 15.0 Å². The molecule has 0 spiro atoms. The third kappa shape index (κ3) is 1.48. The van der Waals surface area contributed by atoms with Crippen molar-refractivity contribution < 1.29 is 0 Å². The Balaban J connectivity index is 2.17. The molecule has 2 aromatic carbocycles. The van der Waals surface area contributed by atoms with Crippen LogP contribution in [0.4, 0.5) is 0 Å². The lowest BCUT2D eigenvalue weighted by atomic mass is 10.0. The number of benzene rings is 2. The molecule has 0 unspecified atom stereocenters. The number of hydrogen-bond donors (Lipinski definition) is 0. The summed E-state index contributed by atoms with van der Waals surface area (Å²) in [6.07, 6.45) is 3.63. The van der Waals surface area contributed by atoms with Crippen molar-refractivity contribution in [2.45, 2.75) is 0 Å². The molecule has 3 heterocycles. The van der Waals surface area contributed by atoms with Crippen molar-refractivity contribution in [1.29, 1.82) is 0 Å². The fourth-order valence-electron chi connectivity index (χ4n) is 3.12. The Kier molecular flexibility index (Phi) is 2.22. The van der Waals surface area contributed by atoms with Gasteiger partial charge in [0.1, 0.15) is 0 Å². The zero-order valence-corrected chi connectivity index (χ0v) is 11.7. The Bertz CT molecular complexity index is 1080. The Morgan fingerprint density at radius 2 is 1.32 bits per heavy atom. The van der Waals surface area contributed by atoms with Gasteiger partial charge in [0.2, 0.25) is 0 Å². The van der Waals surface area contributed by atoms with Crippen molar-refractivity contribution >= 4 is 43.6 Å². The van der Waals surface area contributed by atoms with Crippen LogP contribution < -0.4 is 0 Å². The van der Waals surface area contributed by atoms with Crippen LogP contribution >= 0.6 is 0 Å². The molecule has 0 bridgehead atoms. The molecule has 0 aliphatic rings. The average molecular weight is 281 g/mol. The number of nitrogens with zero attached hydrogens (tertiary/aromatic N) is 3. The van der Waals surface area contributed by atoms with Crippen molar-refractivity contribution in [3.05, 3.63) is 67.0 Å². The van der Waals surface area contributed by atoms with Gasteiger partial charge in [0.05, 0.1) is 22.1 Å². The molecule has 0 saturated carbocycles. The van der Waals surface area contributed by atoms with Gasteiger partial charge in [0, 0.05) is 33.9 Å². The van der Waals surface area contributed by atoms with E-state index < -0.39 is 0 Å². The van der Waals surface area contributed by atoms with Crippen molar-refractivity contribution in [2.75, 3.05) is 0 Å². The van der Waals surface area contributed by atoms with E-state index in [2.05, 4.69) is 34.2 Å². The van der Waals surface area contributed by atoms with E-state index in [0.29, 0.717) is 0 Å². The average Bonchev–Trinajstić information content (AvgIpc) is 2.61. The van der Waals surface area contributed by atoms with E-state index in [1.807, 2.05) is 42.7 Å². The second-order valence-corrected chi connectivity index (χ2v) is 5.38. The van der Waals surface area contributed by atoms with Gasteiger partial charge in [-0.25, -0.2) is 4.98 Å². The summed E-state index contributed by atoms with van der Waals surface area (Å²) in [5.74, 6) is 0. The normalized spacial score (nSPS) is 11.6. The highest BCUT2D eigenvalue weighted by Gasteiger charge is 2.11. The SMILES string of the molecule is c1ccc2nc3c(cc2c1)c1cccnc1c1ncccc31. The second kappa shape index (κ2) is 4.21. The van der Waals surface area contributed by atoms with Gasteiger partial charge in [-0.1, -0.05) is 24.3 Å². The summed E-state index contributed by atoms with van der Waals surface area (Å²) in [6.45, 7) is 0. The molecule has 0 saturated heterocycles. The third-order valence-corrected chi connectivity index (χ3v) is 4.11. The van der Waals surface area contributed by atoms with Gasteiger partial charge in [-0.2, -0.15) is 0 Å². The topological polar surface area (TPSA) is 38.7 Å². The maximum Gasteiger partial charge on any atom is 0.0986 e. The quantitative estimate of drug-likeness (QED) is 0.310. The van der Waals surface area contributed by atoms with Gasteiger partial charge in [-0.05, 0) is 30.3 Å². The molecule has 0 aliphatic heterocycles. The minimum atomic E-state index is 0.911. The number of aromatic nitrogens is 3. The molecule has 3 aromatic heterocycles. The summed E-state index contributed by atoms with van der Waals surface area (Å²) in [7, 11) is 0. The summed E-state index contributed by atoms with van der Waals surface area (Å²) in [5.41, 5.74) is 3.83. The van der Waals surface area contributed by atoms with Crippen LogP contribution in [0.2, 0.25) is 0 Å². The van der Waals surface area contributed by atoms with Gasteiger partial charge in [0.15, 0.2) is 0 Å². The number of rotatable bonds is 0. The summed E-state index contributed by atoms with van der Waals surface area (Å²) >= 11 is 0. The molecule has 0 fully saturated rings. The third-order valence-electron chi connectivity index (χ3n) is 4.11. The Labute approximate surface area is 126 Å². The van der Waals surface area contributed by atoms with Crippen LogP contribution in [0.25, 0.3) is 43.6 Å². The van der Waals surface area contributed by atoms with Gasteiger partial charge < -0.3 is 0 Å². The van der Waals surface area contributed by atoms with Crippen molar-refractivity contribution in [1.82, 2.24) is 15.0 Å². The summed E-state index contributed by atoms with van der Waals surface area (Å²) in [6, 6.07) is 18.5. The number of hydrogen-bond acceptors (Lipinski definition) is 3. The lowest BCUT2D eigenvalue weighted by Crippen LogP contribution is -1.90. The van der Waals surface area contributed by atoms with Gasteiger partial charge >= 0.3 is 0 Å². The van der Waals surface area contributed by atoms with Gasteiger partial charge in [0.25, 0.3) is 0 Å². The van der Waals surface area contributed by atoms with E-state index in [0.717, 1.165) is 43.6 Å². The lowest BCUT2D eigenvalue weighted by molar-refractivity contribution is 1.37. The minimum Gasteiger partial charge on any atom is -0.254 e. The Morgan fingerprint density at radius 3 is 2.18 bits per heavy atom.